The Morgan fingerprint density at radius 3 is 2.28 bits per heavy atom. The summed E-state index contributed by atoms with van der Waals surface area (Å²) in [4.78, 5) is 28.3. The fourth-order valence-electron chi connectivity index (χ4n) is 3.32. The van der Waals surface area contributed by atoms with Crippen molar-refractivity contribution in [1.29, 1.82) is 0 Å². The fourth-order valence-corrected chi connectivity index (χ4v) is 3.32. The molecule has 1 aliphatic heterocycles. The summed E-state index contributed by atoms with van der Waals surface area (Å²) in [6.45, 7) is 0.868. The fraction of sp³-hybridized carbons (Fsp3) is 0.300. The van der Waals surface area contributed by atoms with E-state index in [-0.39, 0.29) is 36.9 Å². The van der Waals surface area contributed by atoms with E-state index in [1.807, 2.05) is 54.6 Å². The van der Waals surface area contributed by atoms with Gasteiger partial charge >= 0.3 is 12.0 Å². The van der Waals surface area contributed by atoms with Crippen LogP contribution in [0.4, 0.5) is 16.2 Å². The number of anilines is 2. The molecule has 29 heavy (non-hydrogen) atoms. The molecule has 7 nitrogen and oxygen atoms in total. The predicted octanol–water partition coefficient (Wildman–Crippen LogP) is 2.69. The number of rotatable bonds is 6. The van der Waals surface area contributed by atoms with E-state index in [0.29, 0.717) is 19.5 Å². The summed E-state index contributed by atoms with van der Waals surface area (Å²) in [5.74, 6) is -0.487. The summed E-state index contributed by atoms with van der Waals surface area (Å²) >= 11 is 0. The molecular formula is C20H26Cl2N4O3. The van der Waals surface area contributed by atoms with Crippen molar-refractivity contribution in [1.82, 2.24) is 0 Å². The average Bonchev–Trinajstić information content (AvgIpc) is 3.03. The van der Waals surface area contributed by atoms with E-state index in [1.54, 1.807) is 9.80 Å². The first-order valence-electron chi connectivity index (χ1n) is 8.83. The molecule has 1 heterocycles. The lowest BCUT2D eigenvalue weighted by molar-refractivity contribution is -0.142. The average molecular weight is 441 g/mol. The van der Waals surface area contributed by atoms with Gasteiger partial charge in [0.15, 0.2) is 0 Å². The Kier molecular flexibility index (Phi) is 9.39. The highest BCUT2D eigenvalue weighted by atomic mass is 35.5. The maximum absolute atomic E-state index is 13.2. The highest BCUT2D eigenvalue weighted by Crippen LogP contribution is 2.30. The molecule has 0 radical (unpaired) electrons. The van der Waals surface area contributed by atoms with Gasteiger partial charge in [-0.05, 0) is 36.2 Å². The number of urea groups is 1. The zero-order valence-electron chi connectivity index (χ0n) is 16.1. The third kappa shape index (κ3) is 5.39. The lowest BCUT2D eigenvalue weighted by Crippen LogP contribution is -2.42. The van der Waals surface area contributed by atoms with Crippen molar-refractivity contribution in [2.24, 2.45) is 11.5 Å². The van der Waals surface area contributed by atoms with Crippen LogP contribution >= 0.6 is 24.8 Å². The second-order valence-electron chi connectivity index (χ2n) is 6.49. The number of carbonyl (C=O) groups is 2. The molecule has 2 aromatic carbocycles. The van der Waals surface area contributed by atoms with Gasteiger partial charge in [0.1, 0.15) is 6.04 Å². The standard InChI is InChI=1S/C20H24N4O3.2ClH/c1-27-19(25)18(22)11-17-13-23(15-5-3-2-4-6-15)20(26)24(17)16-9-7-14(12-21)8-10-16;;/h2-10,17-18H,11-13,21-22H2,1H3;2*1H. The molecule has 0 spiro atoms. The Bertz CT molecular complexity index is 805. The molecular weight excluding hydrogens is 415 g/mol. The van der Waals surface area contributed by atoms with Crippen LogP contribution in [0, 0.1) is 0 Å². The van der Waals surface area contributed by atoms with E-state index in [2.05, 4.69) is 0 Å². The van der Waals surface area contributed by atoms with Crippen LogP contribution < -0.4 is 21.3 Å². The van der Waals surface area contributed by atoms with E-state index in [1.165, 1.54) is 7.11 Å². The number of esters is 1. The van der Waals surface area contributed by atoms with Gasteiger partial charge in [-0.2, -0.15) is 0 Å². The number of halogens is 2. The molecule has 9 heteroatoms. The van der Waals surface area contributed by atoms with Crippen LogP contribution in [0.25, 0.3) is 0 Å². The zero-order chi connectivity index (χ0) is 19.4. The molecule has 1 saturated heterocycles. The van der Waals surface area contributed by atoms with Gasteiger partial charge in [-0.3, -0.25) is 14.6 Å². The number of hydrogen-bond acceptors (Lipinski definition) is 5. The van der Waals surface area contributed by atoms with Crippen molar-refractivity contribution in [3.8, 4) is 0 Å². The van der Waals surface area contributed by atoms with Gasteiger partial charge in [-0.25, -0.2) is 4.79 Å². The smallest absolute Gasteiger partial charge is 0.329 e. The van der Waals surface area contributed by atoms with Crippen molar-refractivity contribution in [2.45, 2.75) is 25.0 Å². The minimum atomic E-state index is -0.797. The Hall–Kier alpha value is -2.32. The molecule has 4 N–H and O–H groups in total. The van der Waals surface area contributed by atoms with Crippen LogP contribution in [0.3, 0.4) is 0 Å². The maximum Gasteiger partial charge on any atom is 0.329 e. The number of nitrogens with two attached hydrogens (primary N) is 2. The summed E-state index contributed by atoms with van der Waals surface area (Å²) in [5, 5.41) is 0. The molecule has 0 saturated carbocycles. The normalized spacial score (nSPS) is 16.7. The molecule has 1 fully saturated rings. The predicted molar refractivity (Wildman–Crippen MR) is 119 cm³/mol. The molecule has 2 unspecified atom stereocenters. The summed E-state index contributed by atoms with van der Waals surface area (Å²) in [5.41, 5.74) is 14.2. The summed E-state index contributed by atoms with van der Waals surface area (Å²) in [7, 11) is 1.31. The number of para-hydroxylation sites is 1. The zero-order valence-corrected chi connectivity index (χ0v) is 17.7. The Labute approximate surface area is 182 Å². The van der Waals surface area contributed by atoms with Crippen LogP contribution in [0.5, 0.6) is 0 Å². The van der Waals surface area contributed by atoms with Crippen molar-refractivity contribution in [3.05, 3.63) is 60.2 Å². The van der Waals surface area contributed by atoms with Crippen LogP contribution in [0.15, 0.2) is 54.6 Å². The third-order valence-electron chi connectivity index (χ3n) is 4.74. The molecule has 3 rings (SSSR count). The minimum Gasteiger partial charge on any atom is -0.468 e. The number of nitrogens with zero attached hydrogens (tertiary/aromatic N) is 2. The van der Waals surface area contributed by atoms with Gasteiger partial charge < -0.3 is 16.2 Å². The molecule has 0 bridgehead atoms. The Morgan fingerprint density at radius 1 is 1.10 bits per heavy atom. The van der Waals surface area contributed by atoms with E-state index < -0.39 is 12.0 Å². The highest BCUT2D eigenvalue weighted by molar-refractivity contribution is 6.06. The number of ether oxygens (including phenoxy) is 1. The second-order valence-corrected chi connectivity index (χ2v) is 6.49. The van der Waals surface area contributed by atoms with E-state index in [4.69, 9.17) is 16.2 Å². The highest BCUT2D eigenvalue weighted by Gasteiger charge is 2.40. The van der Waals surface area contributed by atoms with Crippen molar-refractivity contribution in [3.63, 3.8) is 0 Å². The molecule has 2 amide bonds. The van der Waals surface area contributed by atoms with Crippen LogP contribution in [-0.4, -0.2) is 37.7 Å². The molecule has 158 valence electrons. The summed E-state index contributed by atoms with van der Waals surface area (Å²) in [6, 6.07) is 15.8. The van der Waals surface area contributed by atoms with E-state index in [9.17, 15) is 9.59 Å². The van der Waals surface area contributed by atoms with Crippen LogP contribution in [0.2, 0.25) is 0 Å². The first-order chi connectivity index (χ1) is 13.0. The minimum absolute atomic E-state index is 0. The maximum atomic E-state index is 13.2. The number of amides is 2. The van der Waals surface area contributed by atoms with Gasteiger partial charge in [0.05, 0.1) is 13.2 Å². The number of hydrogen-bond donors (Lipinski definition) is 2. The van der Waals surface area contributed by atoms with Crippen molar-refractivity contribution in [2.75, 3.05) is 23.5 Å². The topological polar surface area (TPSA) is 102 Å². The lowest BCUT2D eigenvalue weighted by Gasteiger charge is -2.25. The van der Waals surface area contributed by atoms with Crippen molar-refractivity contribution >= 4 is 48.2 Å². The van der Waals surface area contributed by atoms with Gasteiger partial charge in [0.2, 0.25) is 0 Å². The SMILES string of the molecule is COC(=O)C(N)CC1CN(c2ccccc2)C(=O)N1c1ccc(CN)cc1.Cl.Cl. The second kappa shape index (κ2) is 11.0. The molecule has 2 aromatic rings. The number of benzene rings is 2. The molecule has 1 aliphatic rings. The van der Waals surface area contributed by atoms with Gasteiger partial charge in [0, 0.05) is 24.5 Å². The van der Waals surface area contributed by atoms with Crippen LogP contribution in [0.1, 0.15) is 12.0 Å². The number of carbonyl (C=O) groups excluding carboxylic acids is 2. The van der Waals surface area contributed by atoms with Crippen LogP contribution in [-0.2, 0) is 16.1 Å². The first-order valence-corrected chi connectivity index (χ1v) is 8.83. The van der Waals surface area contributed by atoms with E-state index in [0.717, 1.165) is 16.9 Å². The molecule has 0 aliphatic carbocycles. The third-order valence-corrected chi connectivity index (χ3v) is 4.74. The van der Waals surface area contributed by atoms with E-state index >= 15 is 0 Å². The lowest BCUT2D eigenvalue weighted by atomic mass is 10.1. The Balaban J connectivity index is 0.00000210. The van der Waals surface area contributed by atoms with Gasteiger partial charge in [0.25, 0.3) is 0 Å². The monoisotopic (exact) mass is 440 g/mol. The van der Waals surface area contributed by atoms with Gasteiger partial charge in [-0.1, -0.05) is 30.3 Å². The van der Waals surface area contributed by atoms with Gasteiger partial charge in [-0.15, -0.1) is 24.8 Å². The largest absolute Gasteiger partial charge is 0.468 e. The molecule has 0 aromatic heterocycles. The quantitative estimate of drug-likeness (QED) is 0.672. The molecule has 2 atom stereocenters. The Morgan fingerprint density at radius 2 is 1.72 bits per heavy atom. The summed E-state index contributed by atoms with van der Waals surface area (Å²) < 4.78 is 4.74. The van der Waals surface area contributed by atoms with Crippen molar-refractivity contribution < 1.29 is 14.3 Å². The number of methoxy groups -OCH3 is 1. The first kappa shape index (κ1) is 24.7. The summed E-state index contributed by atoms with van der Waals surface area (Å²) in [6.07, 6.45) is 0.306.